The van der Waals surface area contributed by atoms with Gasteiger partial charge < -0.3 is 23.7 Å². The van der Waals surface area contributed by atoms with Gasteiger partial charge in [0.25, 0.3) is 0 Å². The van der Waals surface area contributed by atoms with Crippen LogP contribution in [0.15, 0.2) is 48.5 Å². The maximum absolute atomic E-state index is 11.8. The van der Waals surface area contributed by atoms with Crippen molar-refractivity contribution in [3.63, 3.8) is 0 Å². The number of ether oxygens (including phenoxy) is 3. The minimum absolute atomic E-state index is 0.0821. The Morgan fingerprint density at radius 1 is 0.939 bits per heavy atom. The Labute approximate surface area is 199 Å². The number of aliphatic hydroxyl groups excluding tert-OH is 1. The van der Waals surface area contributed by atoms with Gasteiger partial charge in [-0.15, -0.1) is 0 Å². The van der Waals surface area contributed by atoms with Crippen LogP contribution in [0.3, 0.4) is 0 Å². The molecule has 0 aromatic heterocycles. The average Bonchev–Trinajstić information content (AvgIpc) is 2.78. The molecule has 0 saturated carbocycles. The van der Waals surface area contributed by atoms with Crippen LogP contribution in [0.2, 0.25) is 18.1 Å². The monoisotopic (exact) mass is 470 g/mol. The number of fused-ring (bicyclic) bond motifs is 1. The first-order chi connectivity index (χ1) is 15.6. The van der Waals surface area contributed by atoms with Gasteiger partial charge in [-0.1, -0.05) is 69.3 Å². The van der Waals surface area contributed by atoms with E-state index in [2.05, 4.69) is 70.3 Å². The van der Waals surface area contributed by atoms with Crippen LogP contribution < -0.4 is 0 Å². The van der Waals surface area contributed by atoms with Crippen LogP contribution in [0.1, 0.15) is 48.9 Å². The Morgan fingerprint density at radius 3 is 2.06 bits per heavy atom. The molecule has 0 unspecified atom stereocenters. The summed E-state index contributed by atoms with van der Waals surface area (Å²) >= 11 is 0. The molecule has 5 nitrogen and oxygen atoms in total. The highest BCUT2D eigenvalue weighted by Gasteiger charge is 2.60. The predicted octanol–water partition coefficient (Wildman–Crippen LogP) is 5.03. The molecule has 2 aromatic carbocycles. The molecule has 2 bridgehead atoms. The quantitative estimate of drug-likeness (QED) is 0.317. The van der Waals surface area contributed by atoms with Crippen molar-refractivity contribution in [2.45, 2.75) is 56.5 Å². The van der Waals surface area contributed by atoms with E-state index in [1.807, 2.05) is 12.1 Å². The largest absolute Gasteiger partial charge is 0.416 e. The summed E-state index contributed by atoms with van der Waals surface area (Å²) in [7, 11) is -0.370. The molecule has 2 aromatic rings. The van der Waals surface area contributed by atoms with E-state index in [4.69, 9.17) is 18.6 Å². The minimum atomic E-state index is -2.03. The standard InChI is InChI=1S/C27H38O5Si/c1-26(2,3)33(5,6)32-17-23-25(28)24-19-11-7-9-13-21(19)27(23,31-18-30-16-15-29-4)22-14-10-8-12-20(22)24/h7-14,23-25,28H,15-18H2,1-6H3/t23-,24?,25+,27?/m0/s1. The van der Waals surface area contributed by atoms with E-state index in [-0.39, 0.29) is 23.7 Å². The molecule has 0 aliphatic heterocycles. The summed E-state index contributed by atoms with van der Waals surface area (Å²) in [5.41, 5.74) is 3.64. The molecule has 0 saturated heterocycles. The van der Waals surface area contributed by atoms with Gasteiger partial charge in [0.15, 0.2) is 8.32 Å². The lowest BCUT2D eigenvalue weighted by molar-refractivity contribution is -0.190. The van der Waals surface area contributed by atoms with Gasteiger partial charge in [-0.05, 0) is 40.4 Å². The highest BCUT2D eigenvalue weighted by Crippen LogP contribution is 2.59. The molecule has 33 heavy (non-hydrogen) atoms. The molecule has 5 rings (SSSR count). The van der Waals surface area contributed by atoms with Crippen LogP contribution in [0.25, 0.3) is 0 Å². The number of methoxy groups -OCH3 is 1. The number of hydrogen-bond acceptors (Lipinski definition) is 5. The van der Waals surface area contributed by atoms with Gasteiger partial charge in [0.1, 0.15) is 12.4 Å². The molecular formula is C27H38O5Si. The van der Waals surface area contributed by atoms with Gasteiger partial charge >= 0.3 is 0 Å². The SMILES string of the molecule is COCCOCOC12c3ccccc3C(c3ccccc31)[C@H](O)[C@@H]2CO[Si](C)(C)C(C)(C)C. The molecular weight excluding hydrogens is 432 g/mol. The highest BCUT2D eigenvalue weighted by atomic mass is 28.4. The number of benzene rings is 2. The molecule has 6 heteroatoms. The molecule has 3 aliphatic carbocycles. The van der Waals surface area contributed by atoms with Crippen molar-refractivity contribution in [3.05, 3.63) is 70.8 Å². The fourth-order valence-electron chi connectivity index (χ4n) is 5.09. The molecule has 0 radical (unpaired) electrons. The maximum atomic E-state index is 11.8. The smallest absolute Gasteiger partial charge is 0.191 e. The first-order valence-electron chi connectivity index (χ1n) is 11.9. The summed E-state index contributed by atoms with van der Waals surface area (Å²) in [5, 5.41) is 11.8. The van der Waals surface area contributed by atoms with Crippen molar-refractivity contribution in [1.29, 1.82) is 0 Å². The summed E-state index contributed by atoms with van der Waals surface area (Å²) in [6.07, 6.45) is -0.612. The van der Waals surface area contributed by atoms with Gasteiger partial charge in [-0.25, -0.2) is 0 Å². The summed E-state index contributed by atoms with van der Waals surface area (Å²) in [6, 6.07) is 16.7. The lowest BCUT2D eigenvalue weighted by Gasteiger charge is -2.56. The third kappa shape index (κ3) is 4.11. The summed E-state index contributed by atoms with van der Waals surface area (Å²) in [6.45, 7) is 12.7. The summed E-state index contributed by atoms with van der Waals surface area (Å²) in [4.78, 5) is 0. The third-order valence-corrected chi connectivity index (χ3v) is 12.4. The summed E-state index contributed by atoms with van der Waals surface area (Å²) < 4.78 is 24.3. The van der Waals surface area contributed by atoms with E-state index in [0.717, 1.165) is 22.3 Å². The van der Waals surface area contributed by atoms with Crippen molar-refractivity contribution in [3.8, 4) is 0 Å². The Hall–Kier alpha value is -1.54. The Bertz CT molecular complexity index is 919. The van der Waals surface area contributed by atoms with Crippen LogP contribution in [-0.4, -0.2) is 53.3 Å². The lowest BCUT2D eigenvalue weighted by atomic mass is 9.55. The zero-order valence-corrected chi connectivity index (χ0v) is 21.8. The Kier molecular flexibility index (Phi) is 6.89. The van der Waals surface area contributed by atoms with E-state index in [1.165, 1.54) is 0 Å². The molecule has 180 valence electrons. The first kappa shape index (κ1) is 24.6. The van der Waals surface area contributed by atoms with Gasteiger partial charge in [-0.2, -0.15) is 0 Å². The Morgan fingerprint density at radius 2 is 1.52 bits per heavy atom. The molecule has 2 atom stereocenters. The molecule has 3 aliphatic rings. The van der Waals surface area contributed by atoms with Crippen LogP contribution in [0, 0.1) is 5.92 Å². The Balaban J connectivity index is 1.78. The topological polar surface area (TPSA) is 57.2 Å². The predicted molar refractivity (Wildman–Crippen MR) is 132 cm³/mol. The maximum Gasteiger partial charge on any atom is 0.191 e. The molecule has 0 amide bonds. The van der Waals surface area contributed by atoms with Gasteiger partial charge in [-0.3, -0.25) is 0 Å². The number of hydrogen-bond donors (Lipinski definition) is 1. The van der Waals surface area contributed by atoms with Crippen LogP contribution >= 0.6 is 0 Å². The molecule has 0 spiro atoms. The third-order valence-electron chi connectivity index (χ3n) is 7.90. The second-order valence-corrected chi connectivity index (χ2v) is 15.5. The zero-order valence-electron chi connectivity index (χ0n) is 20.8. The van der Waals surface area contributed by atoms with Gasteiger partial charge in [0.05, 0.1) is 19.3 Å². The van der Waals surface area contributed by atoms with E-state index in [1.54, 1.807) is 7.11 Å². The van der Waals surface area contributed by atoms with Gasteiger partial charge in [0, 0.05) is 25.6 Å². The van der Waals surface area contributed by atoms with E-state index in [9.17, 15) is 5.11 Å². The number of aliphatic hydroxyl groups is 1. The van der Waals surface area contributed by atoms with Crippen molar-refractivity contribution in [2.75, 3.05) is 33.7 Å². The zero-order chi connectivity index (χ0) is 23.9. The second-order valence-electron chi connectivity index (χ2n) is 10.7. The molecule has 0 fully saturated rings. The minimum Gasteiger partial charge on any atom is -0.416 e. The van der Waals surface area contributed by atoms with E-state index < -0.39 is 20.0 Å². The van der Waals surface area contributed by atoms with Gasteiger partial charge in [0.2, 0.25) is 0 Å². The fraction of sp³-hybridized carbons (Fsp3) is 0.556. The van der Waals surface area contributed by atoms with E-state index in [0.29, 0.717) is 19.8 Å². The normalized spacial score (nSPS) is 26.2. The second kappa shape index (κ2) is 9.25. The van der Waals surface area contributed by atoms with Crippen molar-refractivity contribution in [2.24, 2.45) is 5.92 Å². The highest BCUT2D eigenvalue weighted by molar-refractivity contribution is 6.74. The number of rotatable bonds is 9. The molecule has 1 N–H and O–H groups in total. The lowest BCUT2D eigenvalue weighted by Crippen LogP contribution is -2.59. The van der Waals surface area contributed by atoms with Crippen LogP contribution in [0.5, 0.6) is 0 Å². The van der Waals surface area contributed by atoms with Crippen LogP contribution in [0.4, 0.5) is 0 Å². The molecule has 0 heterocycles. The summed E-state index contributed by atoms with van der Waals surface area (Å²) in [5.74, 6) is -0.335. The fourth-order valence-corrected chi connectivity index (χ4v) is 6.12. The van der Waals surface area contributed by atoms with Crippen molar-refractivity contribution in [1.82, 2.24) is 0 Å². The first-order valence-corrected chi connectivity index (χ1v) is 14.8. The van der Waals surface area contributed by atoms with E-state index >= 15 is 0 Å². The van der Waals surface area contributed by atoms with Crippen molar-refractivity contribution >= 4 is 8.32 Å². The van der Waals surface area contributed by atoms with Crippen molar-refractivity contribution < 1.29 is 23.7 Å². The van der Waals surface area contributed by atoms with Crippen LogP contribution in [-0.2, 0) is 24.2 Å². The average molecular weight is 471 g/mol.